The van der Waals surface area contributed by atoms with E-state index in [1.807, 2.05) is 20.1 Å². The van der Waals surface area contributed by atoms with Crippen molar-refractivity contribution in [1.82, 2.24) is 14.9 Å². The molecule has 1 aromatic carbocycles. The Morgan fingerprint density at radius 3 is 2.38 bits per heavy atom. The summed E-state index contributed by atoms with van der Waals surface area (Å²) in [6.45, 7) is 3.88. The summed E-state index contributed by atoms with van der Waals surface area (Å²) in [6, 6.07) is 6.95. The maximum Gasteiger partial charge on any atom is 0.253 e. The summed E-state index contributed by atoms with van der Waals surface area (Å²) in [5.41, 5.74) is 3.99. The Morgan fingerprint density at radius 1 is 1.15 bits per heavy atom. The summed E-state index contributed by atoms with van der Waals surface area (Å²) in [6.07, 6.45) is 2.85. The molecule has 1 aromatic heterocycles. The van der Waals surface area contributed by atoms with E-state index < -0.39 is 0 Å². The lowest BCUT2D eigenvalue weighted by Gasteiger charge is -2.12. The summed E-state index contributed by atoms with van der Waals surface area (Å²) >= 11 is 1.51. The van der Waals surface area contributed by atoms with Crippen LogP contribution in [0.3, 0.4) is 0 Å². The van der Waals surface area contributed by atoms with Crippen LogP contribution in [0.4, 0.5) is 5.69 Å². The molecule has 26 heavy (non-hydrogen) atoms. The SMILES string of the molecule is CSc1nc(C)c(CCC(=O)Nc2cccc(C(=O)N(C)C)c2)c(C)n1. The predicted molar refractivity (Wildman–Crippen MR) is 105 cm³/mol. The van der Waals surface area contributed by atoms with Gasteiger partial charge in [0.2, 0.25) is 5.91 Å². The van der Waals surface area contributed by atoms with E-state index >= 15 is 0 Å². The zero-order valence-electron chi connectivity index (χ0n) is 15.8. The fourth-order valence-electron chi connectivity index (χ4n) is 2.61. The van der Waals surface area contributed by atoms with E-state index in [-0.39, 0.29) is 11.8 Å². The second kappa shape index (κ2) is 8.80. The standard InChI is InChI=1S/C19H24N4O2S/c1-12-16(13(2)21-19(20-12)26-5)9-10-17(24)22-15-8-6-7-14(11-15)18(25)23(3)4/h6-8,11H,9-10H2,1-5H3,(H,22,24). The number of rotatable bonds is 6. The van der Waals surface area contributed by atoms with E-state index in [0.29, 0.717) is 24.1 Å². The zero-order valence-corrected chi connectivity index (χ0v) is 16.6. The Bertz CT molecular complexity index is 798. The molecule has 0 radical (unpaired) electrons. The smallest absolute Gasteiger partial charge is 0.253 e. The average molecular weight is 372 g/mol. The van der Waals surface area contributed by atoms with Crippen LogP contribution in [0.25, 0.3) is 0 Å². The molecule has 0 aliphatic carbocycles. The number of carbonyl (C=O) groups is 2. The number of thioether (sulfide) groups is 1. The van der Waals surface area contributed by atoms with Gasteiger partial charge in [0, 0.05) is 43.2 Å². The molecule has 0 aliphatic heterocycles. The number of hydrogen-bond donors (Lipinski definition) is 1. The Balaban J connectivity index is 2.02. The lowest BCUT2D eigenvalue weighted by molar-refractivity contribution is -0.116. The van der Waals surface area contributed by atoms with E-state index in [9.17, 15) is 9.59 Å². The molecule has 1 N–H and O–H groups in total. The molecule has 2 rings (SSSR count). The number of aromatic nitrogens is 2. The molecule has 2 aromatic rings. The van der Waals surface area contributed by atoms with Gasteiger partial charge in [-0.25, -0.2) is 9.97 Å². The van der Waals surface area contributed by atoms with Crippen molar-refractivity contribution in [3.05, 3.63) is 46.8 Å². The Kier molecular flexibility index (Phi) is 6.74. The largest absolute Gasteiger partial charge is 0.345 e. The van der Waals surface area contributed by atoms with Crippen LogP contribution in [-0.4, -0.2) is 47.0 Å². The van der Waals surface area contributed by atoms with Crippen LogP contribution in [0.2, 0.25) is 0 Å². The highest BCUT2D eigenvalue weighted by Gasteiger charge is 2.12. The average Bonchev–Trinajstić information content (AvgIpc) is 2.60. The van der Waals surface area contributed by atoms with E-state index in [4.69, 9.17) is 0 Å². The van der Waals surface area contributed by atoms with Gasteiger partial charge in [0.05, 0.1) is 0 Å². The van der Waals surface area contributed by atoms with Gasteiger partial charge in [-0.1, -0.05) is 17.8 Å². The van der Waals surface area contributed by atoms with Gasteiger partial charge in [0.1, 0.15) is 0 Å². The van der Waals surface area contributed by atoms with Crippen LogP contribution in [0.5, 0.6) is 0 Å². The molecule has 138 valence electrons. The highest BCUT2D eigenvalue weighted by molar-refractivity contribution is 7.98. The van der Waals surface area contributed by atoms with Gasteiger partial charge >= 0.3 is 0 Å². The molecule has 7 heteroatoms. The minimum atomic E-state index is -0.104. The number of amides is 2. The number of nitrogens with one attached hydrogen (secondary N) is 1. The highest BCUT2D eigenvalue weighted by atomic mass is 32.2. The lowest BCUT2D eigenvalue weighted by atomic mass is 10.1. The minimum Gasteiger partial charge on any atom is -0.345 e. The molecule has 0 saturated heterocycles. The number of anilines is 1. The first-order valence-corrected chi connectivity index (χ1v) is 9.54. The Morgan fingerprint density at radius 2 is 1.81 bits per heavy atom. The molecule has 0 spiro atoms. The third-order valence-electron chi connectivity index (χ3n) is 3.98. The van der Waals surface area contributed by atoms with Gasteiger partial charge in [0.15, 0.2) is 5.16 Å². The molecule has 0 atom stereocenters. The highest BCUT2D eigenvalue weighted by Crippen LogP contribution is 2.18. The van der Waals surface area contributed by atoms with Gasteiger partial charge < -0.3 is 10.2 Å². The molecular formula is C19H24N4O2S. The molecule has 0 fully saturated rings. The van der Waals surface area contributed by atoms with E-state index in [1.54, 1.807) is 38.4 Å². The van der Waals surface area contributed by atoms with E-state index in [1.165, 1.54) is 16.7 Å². The lowest BCUT2D eigenvalue weighted by Crippen LogP contribution is -2.22. The first-order chi connectivity index (χ1) is 12.3. The molecule has 0 saturated carbocycles. The maximum absolute atomic E-state index is 12.3. The number of carbonyl (C=O) groups excluding carboxylic acids is 2. The fourth-order valence-corrected chi connectivity index (χ4v) is 3.07. The molecule has 6 nitrogen and oxygen atoms in total. The Labute approximate surface area is 158 Å². The monoisotopic (exact) mass is 372 g/mol. The van der Waals surface area contributed by atoms with Crippen molar-refractivity contribution in [2.24, 2.45) is 0 Å². The van der Waals surface area contributed by atoms with Gasteiger partial charge in [-0.2, -0.15) is 0 Å². The molecule has 0 bridgehead atoms. The van der Waals surface area contributed by atoms with Crippen molar-refractivity contribution in [2.45, 2.75) is 31.8 Å². The van der Waals surface area contributed by atoms with Crippen molar-refractivity contribution >= 4 is 29.3 Å². The number of hydrogen-bond acceptors (Lipinski definition) is 5. The van der Waals surface area contributed by atoms with E-state index in [2.05, 4.69) is 15.3 Å². The van der Waals surface area contributed by atoms with Gasteiger partial charge in [-0.05, 0) is 50.3 Å². The molecule has 1 heterocycles. The molecule has 2 amide bonds. The second-order valence-corrected chi connectivity index (χ2v) is 6.96. The molecule has 0 unspecified atom stereocenters. The van der Waals surface area contributed by atoms with Gasteiger partial charge in [-0.15, -0.1) is 0 Å². The van der Waals surface area contributed by atoms with E-state index in [0.717, 1.165) is 22.1 Å². The second-order valence-electron chi connectivity index (χ2n) is 6.19. The van der Waals surface area contributed by atoms with Crippen LogP contribution in [0.15, 0.2) is 29.4 Å². The fraction of sp³-hybridized carbons (Fsp3) is 0.368. The summed E-state index contributed by atoms with van der Waals surface area (Å²) in [4.78, 5) is 34.7. The topological polar surface area (TPSA) is 75.2 Å². The van der Waals surface area contributed by atoms with Crippen molar-refractivity contribution < 1.29 is 9.59 Å². The summed E-state index contributed by atoms with van der Waals surface area (Å²) in [7, 11) is 3.39. The third kappa shape index (κ3) is 5.05. The Hall–Kier alpha value is -2.41. The van der Waals surface area contributed by atoms with Crippen LogP contribution >= 0.6 is 11.8 Å². The van der Waals surface area contributed by atoms with Crippen LogP contribution in [0, 0.1) is 13.8 Å². The van der Waals surface area contributed by atoms with Crippen molar-refractivity contribution in [1.29, 1.82) is 0 Å². The third-order valence-corrected chi connectivity index (χ3v) is 4.53. The minimum absolute atomic E-state index is 0.0987. The van der Waals surface area contributed by atoms with Crippen molar-refractivity contribution in [3.8, 4) is 0 Å². The van der Waals surface area contributed by atoms with Crippen LogP contribution in [0.1, 0.15) is 33.7 Å². The van der Waals surface area contributed by atoms with Gasteiger partial charge in [0.25, 0.3) is 5.91 Å². The molecule has 0 aliphatic rings. The summed E-state index contributed by atoms with van der Waals surface area (Å²) < 4.78 is 0. The summed E-state index contributed by atoms with van der Waals surface area (Å²) in [5, 5.41) is 3.60. The summed E-state index contributed by atoms with van der Waals surface area (Å²) in [5.74, 6) is -0.203. The first-order valence-electron chi connectivity index (χ1n) is 8.31. The van der Waals surface area contributed by atoms with Gasteiger partial charge in [-0.3, -0.25) is 9.59 Å². The van der Waals surface area contributed by atoms with Crippen molar-refractivity contribution in [3.63, 3.8) is 0 Å². The number of aryl methyl sites for hydroxylation is 2. The predicted octanol–water partition coefficient (Wildman–Crippen LogP) is 3.09. The maximum atomic E-state index is 12.3. The van der Waals surface area contributed by atoms with Crippen LogP contribution < -0.4 is 5.32 Å². The number of nitrogens with zero attached hydrogens (tertiary/aromatic N) is 3. The quantitative estimate of drug-likeness (QED) is 0.623. The zero-order chi connectivity index (χ0) is 19.3. The first kappa shape index (κ1) is 19.9. The van der Waals surface area contributed by atoms with Crippen molar-refractivity contribution in [2.75, 3.05) is 25.7 Å². The molecular weight excluding hydrogens is 348 g/mol. The normalized spacial score (nSPS) is 10.5. The number of benzene rings is 1. The van der Waals surface area contributed by atoms with Crippen LogP contribution in [-0.2, 0) is 11.2 Å².